The summed E-state index contributed by atoms with van der Waals surface area (Å²) in [6, 6.07) is 0. The lowest BCUT2D eigenvalue weighted by Gasteiger charge is -1.79. The van der Waals surface area contributed by atoms with Gasteiger partial charge in [0.2, 0.25) is 0 Å². The molecule has 0 saturated heterocycles. The molecule has 0 saturated carbocycles. The smallest absolute Gasteiger partial charge is 0.0335 e. The monoisotopic (exact) mass is 148 g/mol. The van der Waals surface area contributed by atoms with Gasteiger partial charge in [-0.25, -0.2) is 0 Å². The molecule has 60 valence electrons. The minimum absolute atomic E-state index is 0.830. The second-order valence-corrected chi connectivity index (χ2v) is 2.06. The van der Waals surface area contributed by atoms with Crippen molar-refractivity contribution in [1.82, 2.24) is 0 Å². The lowest BCUT2D eigenvalue weighted by Crippen LogP contribution is -1.62. The standard InChI is InChI=1S/C6H9.C5H7/c1-3-5-6-4-2;1-3-5-4-2/h3,5-6H2,1H3;1,5H,4H2,2H3. The van der Waals surface area contributed by atoms with Gasteiger partial charge in [0.05, 0.1) is 0 Å². The molecule has 0 aliphatic rings. The van der Waals surface area contributed by atoms with Gasteiger partial charge in [-0.15, -0.1) is 12.3 Å². The second-order valence-electron chi connectivity index (χ2n) is 2.06. The number of hydrogen-bond donors (Lipinski definition) is 0. The average molecular weight is 148 g/mol. The number of rotatable bonds is 3. The molecule has 0 nitrogen and oxygen atoms in total. The fraction of sp³-hybridized carbons (Fsp3) is 0.545. The Kier molecular flexibility index (Phi) is 18.6. The molecule has 0 heteroatoms. The molecule has 0 aliphatic heterocycles. The van der Waals surface area contributed by atoms with E-state index in [-0.39, 0.29) is 0 Å². The summed E-state index contributed by atoms with van der Waals surface area (Å²) in [7, 11) is 0. The van der Waals surface area contributed by atoms with Crippen molar-refractivity contribution in [3.63, 3.8) is 0 Å². The molecule has 0 unspecified atom stereocenters. The first-order valence-corrected chi connectivity index (χ1v) is 4.00. The SMILES string of the molecule is C#C[CH]CC.[C]#CCCCC. The van der Waals surface area contributed by atoms with Crippen LogP contribution in [0.3, 0.4) is 0 Å². The molecular formula is C11H16. The van der Waals surface area contributed by atoms with Crippen molar-refractivity contribution >= 4 is 0 Å². The molecule has 0 aromatic heterocycles. The van der Waals surface area contributed by atoms with Gasteiger partial charge in [-0.05, 0) is 19.3 Å². The topological polar surface area (TPSA) is 0 Å². The highest BCUT2D eigenvalue weighted by atomic mass is 13.8. The fourth-order valence-corrected chi connectivity index (χ4v) is 0.383. The van der Waals surface area contributed by atoms with Crippen LogP contribution in [0.4, 0.5) is 0 Å². The van der Waals surface area contributed by atoms with Gasteiger partial charge in [0.25, 0.3) is 0 Å². The Morgan fingerprint density at radius 3 is 2.18 bits per heavy atom. The van der Waals surface area contributed by atoms with Crippen molar-refractivity contribution in [1.29, 1.82) is 0 Å². The van der Waals surface area contributed by atoms with Crippen LogP contribution >= 0.6 is 0 Å². The highest BCUT2D eigenvalue weighted by Gasteiger charge is 1.71. The summed E-state index contributed by atoms with van der Waals surface area (Å²) in [6.07, 6.45) is 17.2. The third-order valence-electron chi connectivity index (χ3n) is 0.977. The first-order valence-electron chi connectivity index (χ1n) is 4.00. The van der Waals surface area contributed by atoms with Gasteiger partial charge in [-0.3, -0.25) is 0 Å². The Morgan fingerprint density at radius 1 is 1.45 bits per heavy atom. The molecule has 0 amide bonds. The summed E-state index contributed by atoms with van der Waals surface area (Å²) >= 11 is 0. The Labute approximate surface area is 71.4 Å². The predicted molar refractivity (Wildman–Crippen MR) is 50.1 cm³/mol. The van der Waals surface area contributed by atoms with Crippen LogP contribution in [0.2, 0.25) is 0 Å². The molecule has 2 radical (unpaired) electrons. The number of hydrogen-bond acceptors (Lipinski definition) is 0. The molecule has 0 N–H and O–H groups in total. The molecule has 11 heavy (non-hydrogen) atoms. The van der Waals surface area contributed by atoms with Crippen molar-refractivity contribution < 1.29 is 0 Å². The summed E-state index contributed by atoms with van der Waals surface area (Å²) in [5.74, 6) is 4.71. The third kappa shape index (κ3) is 27.2. The molecule has 0 fully saturated rings. The van der Waals surface area contributed by atoms with E-state index in [4.69, 9.17) is 12.8 Å². The van der Waals surface area contributed by atoms with Gasteiger partial charge in [-0.1, -0.05) is 26.2 Å². The van der Waals surface area contributed by atoms with E-state index in [1.807, 2.05) is 6.92 Å². The maximum atomic E-state index is 6.46. The van der Waals surface area contributed by atoms with Crippen molar-refractivity contribution in [3.8, 4) is 18.3 Å². The fourth-order valence-electron chi connectivity index (χ4n) is 0.383. The van der Waals surface area contributed by atoms with Crippen LogP contribution in [0.1, 0.15) is 39.5 Å². The summed E-state index contributed by atoms with van der Waals surface area (Å²) < 4.78 is 0. The molecule has 0 heterocycles. The highest BCUT2D eigenvalue weighted by Crippen LogP contribution is 1.88. The Hall–Kier alpha value is -0.880. The van der Waals surface area contributed by atoms with E-state index < -0.39 is 0 Å². The van der Waals surface area contributed by atoms with Crippen LogP contribution < -0.4 is 0 Å². The van der Waals surface area contributed by atoms with E-state index in [0.717, 1.165) is 19.3 Å². The normalized spacial score (nSPS) is 6.91. The molecular weight excluding hydrogens is 132 g/mol. The Morgan fingerprint density at radius 2 is 2.09 bits per heavy atom. The van der Waals surface area contributed by atoms with Gasteiger partial charge in [0.15, 0.2) is 0 Å². The quantitative estimate of drug-likeness (QED) is 0.426. The summed E-state index contributed by atoms with van der Waals surface area (Å²) in [4.78, 5) is 0. The van der Waals surface area contributed by atoms with Crippen molar-refractivity contribution in [2.24, 2.45) is 0 Å². The molecule has 0 spiro atoms. The lowest BCUT2D eigenvalue weighted by molar-refractivity contribution is 0.828. The summed E-state index contributed by atoms with van der Waals surface area (Å²) in [6.45, 7) is 4.12. The zero-order chi connectivity index (χ0) is 8.95. The molecule has 0 atom stereocenters. The van der Waals surface area contributed by atoms with Crippen molar-refractivity contribution in [2.75, 3.05) is 0 Å². The van der Waals surface area contributed by atoms with E-state index in [9.17, 15) is 0 Å². The van der Waals surface area contributed by atoms with Crippen LogP contribution in [0.25, 0.3) is 0 Å². The molecule has 0 aromatic carbocycles. The third-order valence-corrected chi connectivity index (χ3v) is 0.977. The van der Waals surface area contributed by atoms with Crippen LogP contribution in [0, 0.1) is 31.1 Å². The predicted octanol–water partition coefficient (Wildman–Crippen LogP) is 3.00. The minimum Gasteiger partial charge on any atom is -0.120 e. The van der Waals surface area contributed by atoms with E-state index in [1.54, 1.807) is 6.42 Å². The zero-order valence-corrected chi connectivity index (χ0v) is 7.48. The highest BCUT2D eigenvalue weighted by molar-refractivity contribution is 4.99. The van der Waals surface area contributed by atoms with Gasteiger partial charge in [0, 0.05) is 12.8 Å². The second kappa shape index (κ2) is 16.1. The Balaban J connectivity index is 0. The average Bonchev–Trinajstić information content (AvgIpc) is 2.04. The zero-order valence-electron chi connectivity index (χ0n) is 7.48. The van der Waals surface area contributed by atoms with E-state index in [1.165, 1.54) is 6.42 Å². The molecule has 0 aliphatic carbocycles. The van der Waals surface area contributed by atoms with Crippen molar-refractivity contribution in [3.05, 3.63) is 12.8 Å². The van der Waals surface area contributed by atoms with Crippen LogP contribution in [0.15, 0.2) is 0 Å². The van der Waals surface area contributed by atoms with Gasteiger partial charge >= 0.3 is 0 Å². The van der Waals surface area contributed by atoms with Gasteiger partial charge < -0.3 is 0 Å². The maximum Gasteiger partial charge on any atom is 0.0335 e. The molecule has 0 aromatic rings. The lowest BCUT2D eigenvalue weighted by atomic mass is 10.3. The number of terminal acetylenes is 1. The van der Waals surface area contributed by atoms with E-state index in [2.05, 4.69) is 18.8 Å². The summed E-state index contributed by atoms with van der Waals surface area (Å²) in [5, 5.41) is 0. The van der Waals surface area contributed by atoms with Crippen LogP contribution in [-0.2, 0) is 0 Å². The van der Waals surface area contributed by atoms with E-state index in [0.29, 0.717) is 0 Å². The molecule has 0 bridgehead atoms. The maximum absolute atomic E-state index is 6.46. The first-order chi connectivity index (χ1) is 5.33. The number of unbranched alkanes of at least 4 members (excludes halogenated alkanes) is 3. The van der Waals surface area contributed by atoms with Crippen molar-refractivity contribution in [2.45, 2.75) is 39.5 Å². The van der Waals surface area contributed by atoms with E-state index >= 15 is 0 Å². The van der Waals surface area contributed by atoms with Crippen LogP contribution in [0.5, 0.6) is 0 Å². The first kappa shape index (κ1) is 12.8. The molecule has 0 rings (SSSR count). The minimum atomic E-state index is 0.830. The van der Waals surface area contributed by atoms with Crippen LogP contribution in [-0.4, -0.2) is 0 Å². The Bertz CT molecular complexity index is 120. The summed E-state index contributed by atoms with van der Waals surface area (Å²) in [5.41, 5.74) is 0. The van der Waals surface area contributed by atoms with Gasteiger partial charge in [0.1, 0.15) is 0 Å². The van der Waals surface area contributed by atoms with Gasteiger partial charge in [-0.2, -0.15) is 0 Å². The largest absolute Gasteiger partial charge is 0.120 e.